The number of halogens is 6. The van der Waals surface area contributed by atoms with E-state index in [1.54, 1.807) is 14.2 Å². The molecule has 0 fully saturated rings. The Kier molecular flexibility index (Phi) is 30.7. The van der Waals surface area contributed by atoms with Crippen molar-refractivity contribution in [3.63, 3.8) is 0 Å². The molecule has 0 atom stereocenters. The first-order valence-electron chi connectivity index (χ1n) is 13.0. The van der Waals surface area contributed by atoms with Gasteiger partial charge in [-0.15, -0.1) is 31.7 Å². The Morgan fingerprint density at radius 3 is 0.795 bits per heavy atom. The van der Waals surface area contributed by atoms with E-state index in [9.17, 15) is 25.2 Å². The smallest absolute Gasteiger partial charge is 0 e. The van der Waals surface area contributed by atoms with Gasteiger partial charge in [0.1, 0.15) is 11.5 Å². The van der Waals surface area contributed by atoms with E-state index in [0.717, 1.165) is 22.6 Å². The van der Waals surface area contributed by atoms with Gasteiger partial charge in [-0.1, -0.05) is 35.4 Å². The second kappa shape index (κ2) is 26.0. The van der Waals surface area contributed by atoms with Gasteiger partial charge in [0.25, 0.3) is 0 Å². The molecule has 0 aliphatic carbocycles. The minimum atomic E-state index is -10.7. The van der Waals surface area contributed by atoms with Crippen LogP contribution in [-0.4, -0.2) is 92.2 Å². The zero-order valence-corrected chi connectivity index (χ0v) is 35.3. The Hall–Kier alpha value is 1.12. The third kappa shape index (κ3) is 50.0. The fourth-order valence-corrected chi connectivity index (χ4v) is 9.03. The van der Waals surface area contributed by atoms with Crippen LogP contribution in [0.25, 0.3) is 0 Å². The van der Waals surface area contributed by atoms with Crippen LogP contribution in [0.1, 0.15) is 11.1 Å². The summed E-state index contributed by atoms with van der Waals surface area (Å²) in [4.78, 5) is 0. The minimum Gasteiger partial charge on any atom is 0 e. The van der Waals surface area contributed by atoms with Crippen LogP contribution < -0.4 is 9.47 Å². The molecule has 0 amide bonds. The largest absolute Gasteiger partial charge is 0 e. The average molecular weight is 850 g/mol. The molecule has 0 spiro atoms. The van der Waals surface area contributed by atoms with Crippen LogP contribution in [-0.2, 0) is 56.9 Å². The second-order valence-corrected chi connectivity index (χ2v) is 23.1. The molecule has 1 radical (unpaired) electrons. The van der Waals surface area contributed by atoms with Crippen molar-refractivity contribution in [1.82, 2.24) is 0 Å². The summed E-state index contributed by atoms with van der Waals surface area (Å²) in [6, 6.07) is 15.6. The second-order valence-electron chi connectivity index (χ2n) is 10.2. The predicted molar refractivity (Wildman–Crippen MR) is 196 cm³/mol. The van der Waals surface area contributed by atoms with Gasteiger partial charge in [0.2, 0.25) is 0 Å². The van der Waals surface area contributed by atoms with Gasteiger partial charge in [-0.25, -0.2) is 0 Å². The van der Waals surface area contributed by atoms with Gasteiger partial charge in [-0.05, 0) is 102 Å². The summed E-state index contributed by atoms with van der Waals surface area (Å²) in [5.41, 5.74) is 2.33. The van der Waals surface area contributed by atoms with Gasteiger partial charge in [-0.3, -0.25) is 0 Å². The molecule has 0 aromatic heterocycles. The number of methoxy groups -OCH3 is 2. The van der Waals surface area contributed by atoms with Gasteiger partial charge in [0, 0.05) is 20.1 Å². The normalized spacial score (nSPS) is 12.0. The maximum atomic E-state index is 9.87. The topological polar surface area (TPSA) is 18.5 Å². The zero-order valence-electron chi connectivity index (χ0n) is 27.4. The minimum absolute atomic E-state index is 0. The Labute approximate surface area is 292 Å². The molecule has 0 unspecified atom stereocenters. The Bertz CT molecular complexity index is 804. The summed E-state index contributed by atoms with van der Waals surface area (Å²) >= 11 is 9.71. The van der Waals surface area contributed by atoms with E-state index in [-0.39, 0.29) is 20.1 Å². The molecule has 0 heterocycles. The molecule has 0 aliphatic rings. The maximum Gasteiger partial charge on any atom is 0 e. The molecule has 2 aromatic rings. The van der Waals surface area contributed by atoms with E-state index >= 15 is 0 Å². The molecule has 0 bridgehead atoms. The van der Waals surface area contributed by atoms with Crippen LogP contribution in [0.15, 0.2) is 48.5 Å². The quantitative estimate of drug-likeness (QED) is 0.135. The number of rotatable bonds is 10. The van der Waals surface area contributed by atoms with Crippen molar-refractivity contribution in [2.75, 3.05) is 92.2 Å². The molecule has 0 saturated carbocycles. The fourth-order valence-electron chi connectivity index (χ4n) is 2.24. The molecule has 2 nitrogen and oxygen atoms in total. The first-order chi connectivity index (χ1) is 19.4. The van der Waals surface area contributed by atoms with Gasteiger partial charge in [0.15, 0.2) is 0 Å². The van der Waals surface area contributed by atoms with Crippen LogP contribution in [0.5, 0.6) is 11.5 Å². The van der Waals surface area contributed by atoms with Crippen molar-refractivity contribution in [3.05, 3.63) is 59.7 Å². The van der Waals surface area contributed by atoms with Crippen molar-refractivity contribution >= 4 is 64.8 Å². The van der Waals surface area contributed by atoms with Crippen molar-refractivity contribution in [2.45, 2.75) is 11.5 Å². The van der Waals surface area contributed by atoms with Crippen molar-refractivity contribution in [3.8, 4) is 11.5 Å². The van der Waals surface area contributed by atoms with E-state index in [1.807, 2.05) is 48.5 Å². The Morgan fingerprint density at radius 2 is 0.682 bits per heavy atom. The summed E-state index contributed by atoms with van der Waals surface area (Å²) in [5, 5.41) is 0. The molecular formula is C28H50F6O2P5S2Tc-3. The monoisotopic (exact) mass is 848 g/mol. The fraction of sp³-hybridized carbons (Fsp3) is 0.571. The van der Waals surface area contributed by atoms with Crippen LogP contribution >= 0.6 is 39.5 Å². The molecule has 0 saturated heterocycles. The van der Waals surface area contributed by atoms with E-state index in [2.05, 4.69) is 53.3 Å². The number of ether oxygens (including phenoxy) is 2. The third-order valence-electron chi connectivity index (χ3n) is 4.64. The summed E-state index contributed by atoms with van der Waals surface area (Å²) in [6.45, 7) is 18.8. The first-order valence-corrected chi connectivity index (χ1v) is 25.9. The van der Waals surface area contributed by atoms with Crippen LogP contribution in [0.3, 0.4) is 0 Å². The van der Waals surface area contributed by atoms with Gasteiger partial charge in [-0.2, -0.15) is 11.5 Å². The summed E-state index contributed by atoms with van der Waals surface area (Å²) in [7, 11) is -5.81. The molecule has 0 N–H and O–H groups in total. The average Bonchev–Trinajstić information content (AvgIpc) is 2.90. The van der Waals surface area contributed by atoms with Gasteiger partial charge in [0.05, 0.1) is 14.2 Å². The Morgan fingerprint density at radius 1 is 0.500 bits per heavy atom. The number of benzene rings is 2. The summed E-state index contributed by atoms with van der Waals surface area (Å²) in [5.74, 6) is 3.10. The molecule has 2 rings (SSSR count). The van der Waals surface area contributed by atoms with Crippen molar-refractivity contribution in [1.29, 1.82) is 0 Å². The summed E-state index contributed by atoms with van der Waals surface area (Å²) in [6.07, 6.45) is 5.92. The van der Waals surface area contributed by atoms with E-state index < -0.39 is 7.81 Å². The molecule has 16 heteroatoms. The van der Waals surface area contributed by atoms with E-state index in [1.165, 1.54) is 24.6 Å². The maximum absolute atomic E-state index is 10.7. The first kappa shape index (κ1) is 51.9. The van der Waals surface area contributed by atoms with Gasteiger partial charge < -0.3 is 34.7 Å². The van der Waals surface area contributed by atoms with Crippen molar-refractivity contribution in [2.24, 2.45) is 0 Å². The van der Waals surface area contributed by atoms with Crippen LogP contribution in [0, 0.1) is 0 Å². The SMILES string of the molecule is COc1ccc(C[S-])cc1.COc1ccc(C[S-])cc1.CP(C)CCP(C)C.CP(C)CCP(C)C.F[P-](F)(F)(F)(F)F.[Tc]. The van der Waals surface area contributed by atoms with Gasteiger partial charge >= 0.3 is 33.0 Å². The molecule has 2 aromatic carbocycles. The molecule has 44 heavy (non-hydrogen) atoms. The van der Waals surface area contributed by atoms with E-state index in [4.69, 9.17) is 34.7 Å². The standard InChI is InChI=1S/2C8H10OS.2C6H16P2.F6P.Tc/c2*1-9-8-4-2-7(6-10)3-5-8;2*1-7(2)5-6-8(3)4;1-7(2,3,4,5)6;/h2*2-5,10H,6H2,1H3;2*5-6H2,1-4H3;;/q;;;;-1;/p-2. The number of hydrogen-bond donors (Lipinski definition) is 0. The zero-order chi connectivity index (χ0) is 34.3. The molecule has 0 aliphatic heterocycles. The summed E-state index contributed by atoms with van der Waals surface area (Å²) < 4.78 is 69.2. The molecule has 263 valence electrons. The van der Waals surface area contributed by atoms with Crippen molar-refractivity contribution < 1.29 is 54.8 Å². The predicted octanol–water partition coefficient (Wildman–Crippen LogP) is 11.8. The van der Waals surface area contributed by atoms with Crippen LogP contribution in [0.2, 0.25) is 0 Å². The Balaban J connectivity index is -0.000000228. The molecular weight excluding hydrogens is 799 g/mol. The van der Waals surface area contributed by atoms with Crippen LogP contribution in [0.4, 0.5) is 25.2 Å². The number of hydrogen-bond acceptors (Lipinski definition) is 4. The third-order valence-corrected chi connectivity index (χ3v) is 10.5. The van der Waals surface area contributed by atoms with E-state index in [0.29, 0.717) is 43.2 Å².